The quantitative estimate of drug-likeness (QED) is 0.372. The van der Waals surface area contributed by atoms with E-state index in [1.165, 1.54) is 5.56 Å². The molecule has 1 unspecified atom stereocenters. The summed E-state index contributed by atoms with van der Waals surface area (Å²) in [6.07, 6.45) is -0.280. The Morgan fingerprint density at radius 2 is 1.37 bits per heavy atom. The maximum atomic E-state index is 12.0. The van der Waals surface area contributed by atoms with E-state index >= 15 is 0 Å². The van der Waals surface area contributed by atoms with Gasteiger partial charge >= 0.3 is 6.09 Å². The Labute approximate surface area is 207 Å². The van der Waals surface area contributed by atoms with Crippen LogP contribution in [-0.2, 0) is 19.7 Å². The first-order valence-electron chi connectivity index (χ1n) is 11.8. The molecule has 1 atom stereocenters. The van der Waals surface area contributed by atoms with Crippen molar-refractivity contribution in [2.75, 3.05) is 32.9 Å². The van der Waals surface area contributed by atoms with Crippen molar-refractivity contribution in [3.8, 4) is 11.5 Å². The van der Waals surface area contributed by atoms with Gasteiger partial charge in [-0.05, 0) is 56.2 Å². The van der Waals surface area contributed by atoms with Crippen molar-refractivity contribution >= 4 is 12.0 Å². The third kappa shape index (κ3) is 8.79. The van der Waals surface area contributed by atoms with Crippen LogP contribution in [0.5, 0.6) is 11.5 Å². The molecule has 2 N–H and O–H groups in total. The molecule has 2 aromatic rings. The van der Waals surface area contributed by atoms with E-state index < -0.39 is 11.7 Å². The lowest BCUT2D eigenvalue weighted by Crippen LogP contribution is -2.39. The SMILES string of the molecule is CC(C)(C)OC(=O)NCCNC(=O)COc1ccc(C(C)(C)c2ccc(OCC3CO3)cc2)cc1. The number of carbonyl (C=O) groups excluding carboxylic acids is 2. The van der Waals surface area contributed by atoms with Gasteiger partial charge in [-0.1, -0.05) is 38.1 Å². The number of benzene rings is 2. The minimum Gasteiger partial charge on any atom is -0.491 e. The van der Waals surface area contributed by atoms with Gasteiger partial charge in [-0.3, -0.25) is 4.79 Å². The maximum Gasteiger partial charge on any atom is 0.407 e. The standard InChI is InChI=1S/C27H36N2O6/c1-26(2,3)35-25(31)29-15-14-28-24(30)18-34-22-12-8-20(9-13-22)27(4,5)19-6-10-21(11-7-19)32-16-23-17-33-23/h6-13,23H,14-18H2,1-5H3,(H,28,30)(H,29,31). The third-order valence-corrected chi connectivity index (χ3v) is 5.48. The lowest BCUT2D eigenvalue weighted by atomic mass is 9.78. The van der Waals surface area contributed by atoms with Gasteiger partial charge in [0.1, 0.15) is 29.8 Å². The lowest BCUT2D eigenvalue weighted by molar-refractivity contribution is -0.123. The Hall–Kier alpha value is -3.26. The summed E-state index contributed by atoms with van der Waals surface area (Å²) >= 11 is 0. The van der Waals surface area contributed by atoms with E-state index in [4.69, 9.17) is 18.9 Å². The van der Waals surface area contributed by atoms with Crippen LogP contribution in [0.15, 0.2) is 48.5 Å². The van der Waals surface area contributed by atoms with Crippen molar-refractivity contribution in [3.05, 3.63) is 59.7 Å². The van der Waals surface area contributed by atoms with Gasteiger partial charge in [-0.15, -0.1) is 0 Å². The van der Waals surface area contributed by atoms with Gasteiger partial charge < -0.3 is 29.6 Å². The highest BCUT2D eigenvalue weighted by Crippen LogP contribution is 2.33. The van der Waals surface area contributed by atoms with Crippen LogP contribution in [0.3, 0.4) is 0 Å². The Morgan fingerprint density at radius 3 is 1.89 bits per heavy atom. The second-order valence-electron chi connectivity index (χ2n) is 10.0. The van der Waals surface area contributed by atoms with Crippen molar-refractivity contribution < 1.29 is 28.5 Å². The van der Waals surface area contributed by atoms with Crippen molar-refractivity contribution in [1.29, 1.82) is 0 Å². The molecule has 1 fully saturated rings. The van der Waals surface area contributed by atoms with Crippen LogP contribution < -0.4 is 20.1 Å². The monoisotopic (exact) mass is 484 g/mol. The molecule has 2 amide bonds. The first kappa shape index (κ1) is 26.3. The van der Waals surface area contributed by atoms with Gasteiger partial charge in [0.05, 0.1) is 6.61 Å². The molecule has 0 saturated carbocycles. The van der Waals surface area contributed by atoms with Crippen LogP contribution in [0.25, 0.3) is 0 Å². The van der Waals surface area contributed by atoms with Crippen LogP contribution in [0.2, 0.25) is 0 Å². The summed E-state index contributed by atoms with van der Waals surface area (Å²) in [6.45, 7) is 11.5. The fourth-order valence-electron chi connectivity index (χ4n) is 3.34. The van der Waals surface area contributed by atoms with Crippen molar-refractivity contribution in [2.45, 2.75) is 51.7 Å². The van der Waals surface area contributed by atoms with Gasteiger partial charge in [0.15, 0.2) is 6.61 Å². The molecule has 190 valence electrons. The normalized spacial score (nSPS) is 15.2. The van der Waals surface area contributed by atoms with Gasteiger partial charge in [0, 0.05) is 18.5 Å². The predicted octanol–water partition coefficient (Wildman–Crippen LogP) is 3.81. The van der Waals surface area contributed by atoms with E-state index in [-0.39, 0.29) is 37.1 Å². The second-order valence-corrected chi connectivity index (χ2v) is 10.0. The van der Waals surface area contributed by atoms with Crippen LogP contribution >= 0.6 is 0 Å². The van der Waals surface area contributed by atoms with E-state index in [0.717, 1.165) is 17.9 Å². The fourth-order valence-corrected chi connectivity index (χ4v) is 3.34. The first-order valence-corrected chi connectivity index (χ1v) is 11.8. The minimum absolute atomic E-state index is 0.109. The van der Waals surface area contributed by atoms with Crippen molar-refractivity contribution in [1.82, 2.24) is 10.6 Å². The summed E-state index contributed by atoms with van der Waals surface area (Å²) in [7, 11) is 0. The average Bonchev–Trinajstić information content (AvgIpc) is 3.63. The molecule has 3 rings (SSSR count). The highest BCUT2D eigenvalue weighted by Gasteiger charge is 2.25. The Morgan fingerprint density at radius 1 is 0.857 bits per heavy atom. The molecule has 8 nitrogen and oxygen atoms in total. The topological polar surface area (TPSA) is 98.4 Å². The van der Waals surface area contributed by atoms with E-state index in [1.54, 1.807) is 20.8 Å². The lowest BCUT2D eigenvalue weighted by Gasteiger charge is -2.26. The molecule has 1 heterocycles. The number of nitrogens with one attached hydrogen (secondary N) is 2. The van der Waals surface area contributed by atoms with E-state index in [1.807, 2.05) is 36.4 Å². The van der Waals surface area contributed by atoms with E-state index in [2.05, 4.69) is 36.6 Å². The maximum absolute atomic E-state index is 12.0. The molecule has 0 radical (unpaired) electrons. The van der Waals surface area contributed by atoms with Crippen LogP contribution in [0.4, 0.5) is 4.79 Å². The summed E-state index contributed by atoms with van der Waals surface area (Å²) < 4.78 is 21.6. The third-order valence-electron chi connectivity index (χ3n) is 5.48. The van der Waals surface area contributed by atoms with E-state index in [0.29, 0.717) is 12.4 Å². The Balaban J connectivity index is 1.41. The fraction of sp³-hybridized carbons (Fsp3) is 0.481. The summed E-state index contributed by atoms with van der Waals surface area (Å²) in [5.74, 6) is 1.18. The molecule has 0 aliphatic carbocycles. The zero-order valence-electron chi connectivity index (χ0n) is 21.2. The van der Waals surface area contributed by atoms with Crippen LogP contribution in [-0.4, -0.2) is 56.6 Å². The van der Waals surface area contributed by atoms with Crippen molar-refractivity contribution in [2.24, 2.45) is 0 Å². The molecule has 1 aliphatic heterocycles. The van der Waals surface area contributed by atoms with Gasteiger partial charge in [-0.2, -0.15) is 0 Å². The number of hydrogen-bond donors (Lipinski definition) is 2. The smallest absolute Gasteiger partial charge is 0.407 e. The molecule has 0 aromatic heterocycles. The number of ether oxygens (including phenoxy) is 4. The highest BCUT2D eigenvalue weighted by atomic mass is 16.6. The number of carbonyl (C=O) groups is 2. The Kier molecular flexibility index (Phi) is 8.62. The van der Waals surface area contributed by atoms with E-state index in [9.17, 15) is 9.59 Å². The summed E-state index contributed by atoms with van der Waals surface area (Å²) in [6, 6.07) is 15.9. The minimum atomic E-state index is -0.559. The molecule has 1 saturated heterocycles. The second kappa shape index (κ2) is 11.4. The van der Waals surface area contributed by atoms with Crippen molar-refractivity contribution in [3.63, 3.8) is 0 Å². The molecular weight excluding hydrogens is 448 g/mol. The predicted molar refractivity (Wildman–Crippen MR) is 133 cm³/mol. The number of amides is 2. The molecule has 2 aromatic carbocycles. The number of hydrogen-bond acceptors (Lipinski definition) is 6. The summed E-state index contributed by atoms with van der Waals surface area (Å²) in [4.78, 5) is 23.6. The van der Waals surface area contributed by atoms with Gasteiger partial charge in [0.25, 0.3) is 5.91 Å². The molecule has 0 bridgehead atoms. The zero-order valence-corrected chi connectivity index (χ0v) is 21.2. The summed E-state index contributed by atoms with van der Waals surface area (Å²) in [5.41, 5.74) is 1.52. The zero-order chi connectivity index (χ0) is 25.5. The van der Waals surface area contributed by atoms with Crippen LogP contribution in [0, 0.1) is 0 Å². The van der Waals surface area contributed by atoms with Crippen LogP contribution in [0.1, 0.15) is 45.7 Å². The highest BCUT2D eigenvalue weighted by molar-refractivity contribution is 5.77. The molecule has 1 aliphatic rings. The largest absolute Gasteiger partial charge is 0.491 e. The molecule has 35 heavy (non-hydrogen) atoms. The Bertz CT molecular complexity index is 976. The molecule has 0 spiro atoms. The molecular formula is C27H36N2O6. The van der Waals surface area contributed by atoms with Gasteiger partial charge in [0.2, 0.25) is 0 Å². The number of rotatable bonds is 11. The first-order chi connectivity index (χ1) is 16.5. The average molecular weight is 485 g/mol. The van der Waals surface area contributed by atoms with Gasteiger partial charge in [-0.25, -0.2) is 4.79 Å². The molecule has 8 heteroatoms. The number of alkyl carbamates (subject to hydrolysis) is 1. The summed E-state index contributed by atoms with van der Waals surface area (Å²) in [5, 5.41) is 5.29. The number of epoxide rings is 1.